The van der Waals surface area contributed by atoms with E-state index in [1.54, 1.807) is 23.8 Å². The van der Waals surface area contributed by atoms with Gasteiger partial charge in [-0.3, -0.25) is 0 Å². The van der Waals surface area contributed by atoms with Crippen molar-refractivity contribution in [2.75, 3.05) is 5.73 Å². The smallest absolute Gasteiger partial charge is 0.164 e. The fraction of sp³-hybridized carbons (Fsp3) is 0.417. The molecule has 0 aromatic carbocycles. The molecule has 2 aromatic rings. The van der Waals surface area contributed by atoms with Crippen molar-refractivity contribution in [3.05, 3.63) is 22.0 Å². The summed E-state index contributed by atoms with van der Waals surface area (Å²) in [5.74, 6) is 0. The Morgan fingerprint density at radius 2 is 2.16 bits per heavy atom. The molecule has 6 nitrogen and oxygen atoms in total. The molecule has 1 aliphatic heterocycles. The number of fused-ring (bicyclic) bond motifs is 1. The number of aliphatic hydroxyl groups excluding tert-OH is 2. The molecule has 2 aromatic heterocycles. The van der Waals surface area contributed by atoms with Crippen LogP contribution in [-0.4, -0.2) is 38.1 Å². The van der Waals surface area contributed by atoms with E-state index in [-0.39, 0.29) is 0 Å². The first-order chi connectivity index (χ1) is 9.00. The van der Waals surface area contributed by atoms with E-state index in [4.69, 9.17) is 10.5 Å². The molecule has 0 bridgehead atoms. The molecule has 0 radical (unpaired) electrons. The van der Waals surface area contributed by atoms with Crippen molar-refractivity contribution in [2.45, 2.75) is 31.5 Å². The van der Waals surface area contributed by atoms with Crippen LogP contribution in [0.2, 0.25) is 0 Å². The molecule has 1 aliphatic rings. The molecule has 0 spiro atoms. The second-order valence-electron chi connectivity index (χ2n) is 4.70. The Hall–Kier alpha value is -0.900. The Morgan fingerprint density at radius 3 is 2.79 bits per heavy atom. The predicted molar refractivity (Wildman–Crippen MR) is 78.5 cm³/mol. The number of halogens is 1. The van der Waals surface area contributed by atoms with E-state index in [1.807, 2.05) is 6.20 Å². The number of aromatic nitrogens is 2. The topological polar surface area (TPSA) is 93.5 Å². The van der Waals surface area contributed by atoms with Crippen molar-refractivity contribution in [1.82, 2.24) is 9.55 Å². The predicted octanol–water partition coefficient (Wildman–Crippen LogP) is 0.862. The molecule has 0 saturated carbocycles. The van der Waals surface area contributed by atoms with E-state index in [0.717, 1.165) is 8.96 Å². The van der Waals surface area contributed by atoms with E-state index in [2.05, 4.69) is 27.6 Å². The Morgan fingerprint density at radius 1 is 1.42 bits per heavy atom. The molecule has 0 unspecified atom stereocenters. The van der Waals surface area contributed by atoms with Gasteiger partial charge >= 0.3 is 0 Å². The quantitative estimate of drug-likeness (QED) is 0.643. The lowest BCUT2D eigenvalue weighted by atomic mass is 10.1. The monoisotopic (exact) mass is 375 g/mol. The largest absolute Gasteiger partial charge is 0.398 e. The molecule has 4 atom stereocenters. The number of ether oxygens (including phenoxy) is 1. The number of rotatable bonds is 1. The number of nitrogens with two attached hydrogens (primary N) is 1. The van der Waals surface area contributed by atoms with Crippen LogP contribution < -0.4 is 5.73 Å². The summed E-state index contributed by atoms with van der Waals surface area (Å²) in [7, 11) is 0. The van der Waals surface area contributed by atoms with E-state index >= 15 is 0 Å². The minimum Gasteiger partial charge on any atom is -0.398 e. The highest BCUT2D eigenvalue weighted by atomic mass is 127. The SMILES string of the molecule is C[C@H]1O[C@@H](n2cc(I)c3c(N)ccnc32)[C@H](O)[C@@H]1O. The van der Waals surface area contributed by atoms with Crippen molar-refractivity contribution < 1.29 is 14.9 Å². The van der Waals surface area contributed by atoms with Crippen LogP contribution in [0.1, 0.15) is 13.2 Å². The van der Waals surface area contributed by atoms with Crippen LogP contribution in [0.3, 0.4) is 0 Å². The van der Waals surface area contributed by atoms with Gasteiger partial charge in [0.25, 0.3) is 0 Å². The summed E-state index contributed by atoms with van der Waals surface area (Å²) in [6.07, 6.45) is 0.492. The molecule has 3 rings (SSSR count). The number of hydrogen-bond acceptors (Lipinski definition) is 5. The van der Waals surface area contributed by atoms with Gasteiger partial charge in [-0.25, -0.2) is 4.98 Å². The normalized spacial score (nSPS) is 31.2. The van der Waals surface area contributed by atoms with Crippen LogP contribution in [0.25, 0.3) is 11.0 Å². The van der Waals surface area contributed by atoms with Gasteiger partial charge in [-0.05, 0) is 35.6 Å². The zero-order valence-electron chi connectivity index (χ0n) is 10.2. The molecule has 3 heterocycles. The summed E-state index contributed by atoms with van der Waals surface area (Å²) < 4.78 is 8.27. The van der Waals surface area contributed by atoms with Crippen LogP contribution in [0.4, 0.5) is 5.69 Å². The van der Waals surface area contributed by atoms with Gasteiger partial charge < -0.3 is 25.3 Å². The third-order valence-corrected chi connectivity index (χ3v) is 4.27. The third kappa shape index (κ3) is 1.92. The zero-order valence-corrected chi connectivity index (χ0v) is 12.4. The van der Waals surface area contributed by atoms with Gasteiger partial charge in [0.1, 0.15) is 17.9 Å². The first kappa shape index (κ1) is 13.1. The van der Waals surface area contributed by atoms with Crippen molar-refractivity contribution in [3.8, 4) is 0 Å². The highest BCUT2D eigenvalue weighted by Gasteiger charge is 2.42. The lowest BCUT2D eigenvalue weighted by molar-refractivity contribution is -0.0297. The van der Waals surface area contributed by atoms with Gasteiger partial charge in [0.15, 0.2) is 6.23 Å². The number of anilines is 1. The number of hydrogen-bond donors (Lipinski definition) is 3. The van der Waals surface area contributed by atoms with Gasteiger partial charge in [0.05, 0.1) is 11.5 Å². The summed E-state index contributed by atoms with van der Waals surface area (Å²) in [6, 6.07) is 1.73. The van der Waals surface area contributed by atoms with Crippen molar-refractivity contribution in [1.29, 1.82) is 0 Å². The Kier molecular flexibility index (Phi) is 3.16. The summed E-state index contributed by atoms with van der Waals surface area (Å²) >= 11 is 2.17. The molecular weight excluding hydrogens is 361 g/mol. The fourth-order valence-electron chi connectivity index (χ4n) is 2.40. The lowest BCUT2D eigenvalue weighted by Crippen LogP contribution is -2.30. The molecule has 0 amide bonds. The number of pyridine rings is 1. The van der Waals surface area contributed by atoms with Crippen LogP contribution in [-0.2, 0) is 4.74 Å². The maximum Gasteiger partial charge on any atom is 0.164 e. The Labute approximate surface area is 123 Å². The van der Waals surface area contributed by atoms with Crippen LogP contribution in [0.5, 0.6) is 0 Å². The maximum absolute atomic E-state index is 10.1. The lowest BCUT2D eigenvalue weighted by Gasteiger charge is -2.17. The minimum atomic E-state index is -0.982. The molecule has 7 heteroatoms. The average Bonchev–Trinajstić information content (AvgIpc) is 2.83. The van der Waals surface area contributed by atoms with Crippen molar-refractivity contribution >= 4 is 39.3 Å². The zero-order chi connectivity index (χ0) is 13.7. The van der Waals surface area contributed by atoms with Crippen LogP contribution >= 0.6 is 22.6 Å². The van der Waals surface area contributed by atoms with Gasteiger partial charge in [-0.15, -0.1) is 0 Å². The molecule has 1 fully saturated rings. The van der Waals surface area contributed by atoms with Crippen molar-refractivity contribution in [3.63, 3.8) is 0 Å². The average molecular weight is 375 g/mol. The van der Waals surface area contributed by atoms with E-state index < -0.39 is 24.5 Å². The number of nitrogens with zero attached hydrogens (tertiary/aromatic N) is 2. The van der Waals surface area contributed by atoms with Gasteiger partial charge in [0.2, 0.25) is 0 Å². The third-order valence-electron chi connectivity index (χ3n) is 3.45. The highest BCUT2D eigenvalue weighted by Crippen LogP contribution is 2.35. The fourth-order valence-corrected chi connectivity index (χ4v) is 3.26. The van der Waals surface area contributed by atoms with Crippen LogP contribution in [0, 0.1) is 3.57 Å². The molecule has 102 valence electrons. The molecule has 0 aliphatic carbocycles. The first-order valence-electron chi connectivity index (χ1n) is 5.93. The van der Waals surface area contributed by atoms with E-state index in [9.17, 15) is 10.2 Å². The highest BCUT2D eigenvalue weighted by molar-refractivity contribution is 14.1. The van der Waals surface area contributed by atoms with E-state index in [1.165, 1.54) is 0 Å². The standard InChI is InChI=1S/C12H14IN3O3/c1-5-9(17)10(18)12(19-5)16-4-6(13)8-7(14)2-3-15-11(8)16/h2-5,9-10,12,17-18H,1H3,(H2,14,15)/t5-,9-,10-,12-/m1/s1. The second kappa shape index (κ2) is 4.58. The van der Waals surface area contributed by atoms with Gasteiger partial charge in [-0.2, -0.15) is 0 Å². The summed E-state index contributed by atoms with van der Waals surface area (Å²) in [6.45, 7) is 1.73. The van der Waals surface area contributed by atoms with Crippen molar-refractivity contribution in [2.24, 2.45) is 0 Å². The molecular formula is C12H14IN3O3. The second-order valence-corrected chi connectivity index (χ2v) is 5.86. The van der Waals surface area contributed by atoms with Gasteiger partial charge in [0, 0.05) is 21.7 Å². The van der Waals surface area contributed by atoms with E-state index in [0.29, 0.717) is 11.3 Å². The Bertz CT molecular complexity index is 630. The van der Waals surface area contributed by atoms with Gasteiger partial charge in [-0.1, -0.05) is 0 Å². The summed E-state index contributed by atoms with van der Waals surface area (Å²) in [5.41, 5.74) is 7.23. The van der Waals surface area contributed by atoms with Crippen LogP contribution in [0.15, 0.2) is 18.5 Å². The Balaban J connectivity index is 2.14. The first-order valence-corrected chi connectivity index (χ1v) is 7.00. The minimum absolute atomic E-state index is 0.420. The number of aliphatic hydroxyl groups is 2. The number of nitrogen functional groups attached to an aromatic ring is 1. The molecule has 19 heavy (non-hydrogen) atoms. The summed E-state index contributed by atoms with van der Waals surface area (Å²) in [4.78, 5) is 4.30. The molecule has 4 N–H and O–H groups in total. The summed E-state index contributed by atoms with van der Waals surface area (Å²) in [5, 5.41) is 20.7. The molecule has 1 saturated heterocycles. The maximum atomic E-state index is 10.1.